The molecule has 1 heterocycles. The maximum absolute atomic E-state index is 13.9. The highest BCUT2D eigenvalue weighted by atomic mass is 28.4. The zero-order chi connectivity index (χ0) is 33.9. The normalized spacial score (nSPS) is 19.0. The van der Waals surface area contributed by atoms with E-state index in [1.165, 1.54) is 0 Å². The van der Waals surface area contributed by atoms with E-state index in [-0.39, 0.29) is 35.0 Å². The first-order valence-electron chi connectivity index (χ1n) is 16.0. The smallest absolute Gasteiger partial charge is 0.405 e. The Labute approximate surface area is 277 Å². The zero-order valence-electron chi connectivity index (χ0n) is 27.7. The van der Waals surface area contributed by atoms with Crippen molar-refractivity contribution in [3.8, 4) is 0 Å². The van der Waals surface area contributed by atoms with E-state index in [4.69, 9.17) is 25.2 Å². The minimum atomic E-state index is -1.95. The van der Waals surface area contributed by atoms with Crippen LogP contribution in [-0.2, 0) is 25.1 Å². The highest BCUT2D eigenvalue weighted by Crippen LogP contribution is 2.49. The molecule has 47 heavy (non-hydrogen) atoms. The number of carbonyl (C=O) groups excluding carboxylic acids is 2. The van der Waals surface area contributed by atoms with Gasteiger partial charge in [-0.2, -0.15) is 4.98 Å². The summed E-state index contributed by atoms with van der Waals surface area (Å²) >= 11 is 0. The molecule has 0 bridgehead atoms. The molecule has 5 N–H and O–H groups in total. The van der Waals surface area contributed by atoms with Gasteiger partial charge >= 0.3 is 6.09 Å². The number of primary amides is 1. The van der Waals surface area contributed by atoms with Crippen LogP contribution in [0.3, 0.4) is 0 Å². The molecule has 10 nitrogen and oxygen atoms in total. The average Bonchev–Trinajstić information content (AvgIpc) is 3.53. The Balaban J connectivity index is 1.35. The Morgan fingerprint density at radius 2 is 1.43 bits per heavy atom. The molecule has 1 saturated carbocycles. The topological polar surface area (TPSA) is 156 Å². The summed E-state index contributed by atoms with van der Waals surface area (Å²) in [5.41, 5.74) is 12.5. The van der Waals surface area contributed by atoms with Gasteiger partial charge in [0.2, 0.25) is 17.6 Å². The van der Waals surface area contributed by atoms with E-state index in [0.717, 1.165) is 16.7 Å². The number of aromatic nitrogens is 2. The molecule has 2 amide bonds. The second kappa shape index (κ2) is 13.4. The molecule has 1 aromatic heterocycles. The number of rotatable bonds is 12. The second-order valence-corrected chi connectivity index (χ2v) is 18.7. The van der Waals surface area contributed by atoms with Gasteiger partial charge in [0.05, 0.1) is 12.5 Å². The Morgan fingerprint density at radius 3 is 1.87 bits per heavy atom. The van der Waals surface area contributed by atoms with Gasteiger partial charge in [0.1, 0.15) is 5.54 Å². The summed E-state index contributed by atoms with van der Waals surface area (Å²) in [5, 5.41) is 7.51. The standard InChI is InChI=1S/C36H45N5O5Si/c1-34(2,3)47(4,5)44-24-25-22-35(23-25,45-33(38)43)32-39-31(46-41-32)29(37)21-30(42)40-36(26-15-9-6-10-16-26,27-17-11-7-12-18-27)28-19-13-8-14-20-28/h6-20,25,29H,21-24,37H2,1-5H3,(H2,38,43)(H,40,42)/t25?,29-,35?/m0/s1. The van der Waals surface area contributed by atoms with Crippen molar-refractivity contribution in [1.82, 2.24) is 15.5 Å². The molecule has 1 fully saturated rings. The number of carbonyl (C=O) groups is 2. The summed E-state index contributed by atoms with van der Waals surface area (Å²) in [6, 6.07) is 28.5. The van der Waals surface area contributed by atoms with Crippen LogP contribution in [0.2, 0.25) is 18.1 Å². The van der Waals surface area contributed by atoms with Crippen LogP contribution in [0.4, 0.5) is 4.79 Å². The molecule has 0 aliphatic heterocycles. The van der Waals surface area contributed by atoms with Gasteiger partial charge in [-0.15, -0.1) is 0 Å². The highest BCUT2D eigenvalue weighted by molar-refractivity contribution is 6.74. The van der Waals surface area contributed by atoms with Gasteiger partial charge in [-0.25, -0.2) is 4.79 Å². The van der Waals surface area contributed by atoms with E-state index >= 15 is 0 Å². The highest BCUT2D eigenvalue weighted by Gasteiger charge is 2.53. The van der Waals surface area contributed by atoms with Gasteiger partial charge in [-0.3, -0.25) is 4.79 Å². The monoisotopic (exact) mass is 655 g/mol. The van der Waals surface area contributed by atoms with Crippen molar-refractivity contribution >= 4 is 20.3 Å². The van der Waals surface area contributed by atoms with Crippen molar-refractivity contribution in [2.75, 3.05) is 6.61 Å². The van der Waals surface area contributed by atoms with Gasteiger partial charge in [0, 0.05) is 6.61 Å². The largest absolute Gasteiger partial charge is 0.435 e. The molecule has 4 aromatic rings. The molecule has 248 valence electrons. The van der Waals surface area contributed by atoms with Crippen molar-refractivity contribution in [3.05, 3.63) is 119 Å². The van der Waals surface area contributed by atoms with E-state index < -0.39 is 31.6 Å². The lowest BCUT2D eigenvalue weighted by molar-refractivity contribution is -0.122. The van der Waals surface area contributed by atoms with Crippen LogP contribution in [0.5, 0.6) is 0 Å². The molecule has 0 radical (unpaired) electrons. The number of nitrogens with one attached hydrogen (secondary N) is 1. The van der Waals surface area contributed by atoms with Gasteiger partial charge in [-0.05, 0) is 53.6 Å². The van der Waals surface area contributed by atoms with Crippen LogP contribution in [0, 0.1) is 5.92 Å². The minimum Gasteiger partial charge on any atom is -0.435 e. The van der Waals surface area contributed by atoms with E-state index in [1.54, 1.807) is 0 Å². The summed E-state index contributed by atoms with van der Waals surface area (Å²) in [4.78, 5) is 30.3. The van der Waals surface area contributed by atoms with Crippen molar-refractivity contribution in [2.24, 2.45) is 17.4 Å². The van der Waals surface area contributed by atoms with Crippen LogP contribution in [0.15, 0.2) is 95.5 Å². The van der Waals surface area contributed by atoms with E-state index in [2.05, 4.69) is 49.3 Å². The lowest BCUT2D eigenvalue weighted by Crippen LogP contribution is -2.50. The molecule has 3 aromatic carbocycles. The summed E-state index contributed by atoms with van der Waals surface area (Å²) in [5.74, 6) is 0.0570. The van der Waals surface area contributed by atoms with Crippen molar-refractivity contribution in [2.45, 2.75) is 75.3 Å². The van der Waals surface area contributed by atoms with E-state index in [9.17, 15) is 9.59 Å². The minimum absolute atomic E-state index is 0.0632. The third kappa shape index (κ3) is 7.17. The molecule has 0 spiro atoms. The SMILES string of the molecule is CC(C)(C)[Si](C)(C)OCC1CC(OC(N)=O)(c2noc([C@@H](N)CC(=O)NC(c3ccccc3)(c3ccccc3)c3ccccc3)n2)C1. The number of amides is 2. The molecular formula is C36H45N5O5Si. The lowest BCUT2D eigenvalue weighted by Gasteiger charge is -2.45. The summed E-state index contributed by atoms with van der Waals surface area (Å²) in [6.07, 6.45) is -0.189. The molecule has 0 unspecified atom stereocenters. The third-order valence-corrected chi connectivity index (χ3v) is 14.0. The fourth-order valence-corrected chi connectivity index (χ4v) is 7.02. The van der Waals surface area contributed by atoms with Crippen molar-refractivity contribution in [1.29, 1.82) is 0 Å². The van der Waals surface area contributed by atoms with Crippen LogP contribution >= 0.6 is 0 Å². The van der Waals surface area contributed by atoms with Crippen molar-refractivity contribution < 1.29 is 23.3 Å². The van der Waals surface area contributed by atoms with E-state index in [1.807, 2.05) is 91.0 Å². The van der Waals surface area contributed by atoms with Crippen LogP contribution < -0.4 is 16.8 Å². The molecule has 1 aliphatic carbocycles. The number of hydrogen-bond acceptors (Lipinski definition) is 8. The maximum atomic E-state index is 13.9. The van der Waals surface area contributed by atoms with Gasteiger partial charge < -0.3 is 30.5 Å². The zero-order valence-corrected chi connectivity index (χ0v) is 28.7. The Hall–Kier alpha value is -4.32. The number of ether oxygens (including phenoxy) is 1. The number of nitrogens with zero attached hydrogens (tertiary/aromatic N) is 2. The molecule has 1 atom stereocenters. The first-order chi connectivity index (χ1) is 22.3. The molecule has 5 rings (SSSR count). The molecule has 0 saturated heterocycles. The molecule has 11 heteroatoms. The Kier molecular flexibility index (Phi) is 9.72. The first kappa shape index (κ1) is 34.0. The molecule has 1 aliphatic rings. The Bertz CT molecular complexity index is 1550. The van der Waals surface area contributed by atoms with Gasteiger partial charge in [0.25, 0.3) is 0 Å². The van der Waals surface area contributed by atoms with Gasteiger partial charge in [0.15, 0.2) is 13.9 Å². The number of hydrogen-bond donors (Lipinski definition) is 3. The molecular weight excluding hydrogens is 611 g/mol. The number of nitrogens with two attached hydrogens (primary N) is 2. The summed E-state index contributed by atoms with van der Waals surface area (Å²) in [7, 11) is -1.95. The van der Waals surface area contributed by atoms with Crippen molar-refractivity contribution in [3.63, 3.8) is 0 Å². The summed E-state index contributed by atoms with van der Waals surface area (Å²) in [6.45, 7) is 11.5. The average molecular weight is 656 g/mol. The fourth-order valence-electron chi connectivity index (χ4n) is 5.94. The predicted molar refractivity (Wildman–Crippen MR) is 181 cm³/mol. The quantitative estimate of drug-likeness (QED) is 0.119. The first-order valence-corrected chi connectivity index (χ1v) is 18.9. The summed E-state index contributed by atoms with van der Waals surface area (Å²) < 4.78 is 17.5. The van der Waals surface area contributed by atoms with Crippen LogP contribution in [0.25, 0.3) is 0 Å². The Morgan fingerprint density at radius 1 is 0.936 bits per heavy atom. The van der Waals surface area contributed by atoms with Crippen LogP contribution in [0.1, 0.15) is 74.5 Å². The lowest BCUT2D eigenvalue weighted by atomic mass is 9.70. The maximum Gasteiger partial charge on any atom is 0.405 e. The second-order valence-electron chi connectivity index (χ2n) is 13.9. The fraction of sp³-hybridized carbons (Fsp3) is 0.389. The third-order valence-electron chi connectivity index (χ3n) is 9.54. The van der Waals surface area contributed by atoms with Gasteiger partial charge in [-0.1, -0.05) is 117 Å². The predicted octanol–water partition coefficient (Wildman–Crippen LogP) is 6.29. The van der Waals surface area contributed by atoms with Crippen LogP contribution in [-0.4, -0.2) is 37.1 Å². The van der Waals surface area contributed by atoms with E-state index in [0.29, 0.717) is 19.4 Å². The number of benzene rings is 3.